The number of methoxy groups -OCH3 is 1. The van der Waals surface area contributed by atoms with Crippen LogP contribution < -0.4 is 4.90 Å². The van der Waals surface area contributed by atoms with Gasteiger partial charge in [-0.25, -0.2) is 9.78 Å². The van der Waals surface area contributed by atoms with Crippen molar-refractivity contribution in [2.75, 3.05) is 25.1 Å². The van der Waals surface area contributed by atoms with Crippen LogP contribution in [0.3, 0.4) is 0 Å². The van der Waals surface area contributed by atoms with Crippen molar-refractivity contribution < 1.29 is 14.1 Å². The van der Waals surface area contributed by atoms with Crippen LogP contribution in [0.2, 0.25) is 5.02 Å². The molecule has 1 saturated heterocycles. The van der Waals surface area contributed by atoms with Gasteiger partial charge in [-0.15, -0.1) is 0 Å². The average molecular weight is 452 g/mol. The first-order valence-electron chi connectivity index (χ1n) is 10.7. The Labute approximate surface area is 190 Å². The molecular weight excluding hydrogens is 430 g/mol. The molecule has 164 valence electrons. The van der Waals surface area contributed by atoms with Gasteiger partial charge in [0, 0.05) is 41.8 Å². The summed E-state index contributed by atoms with van der Waals surface area (Å²) in [6.07, 6.45) is 6.97. The van der Waals surface area contributed by atoms with Gasteiger partial charge in [0.2, 0.25) is 0 Å². The third-order valence-electron chi connectivity index (χ3n) is 6.93. The lowest BCUT2D eigenvalue weighted by molar-refractivity contribution is 0.0595. The molecule has 0 radical (unpaired) electrons. The Balaban J connectivity index is 1.27. The molecule has 2 aromatic heterocycles. The van der Waals surface area contributed by atoms with Gasteiger partial charge in [0.1, 0.15) is 5.82 Å². The van der Waals surface area contributed by atoms with E-state index in [4.69, 9.17) is 20.9 Å². The van der Waals surface area contributed by atoms with E-state index < -0.39 is 6.09 Å². The summed E-state index contributed by atoms with van der Waals surface area (Å²) >= 11 is 6.27. The third kappa shape index (κ3) is 3.04. The number of nitrogens with zero attached hydrogens (tertiary/aromatic N) is 5. The smallest absolute Gasteiger partial charge is 0.410 e. The molecule has 32 heavy (non-hydrogen) atoms. The number of anilines is 1. The highest BCUT2D eigenvalue weighted by molar-refractivity contribution is 6.30. The number of amides is 1. The van der Waals surface area contributed by atoms with Crippen LogP contribution in [-0.2, 0) is 17.8 Å². The van der Waals surface area contributed by atoms with Gasteiger partial charge in [0.25, 0.3) is 0 Å². The Morgan fingerprint density at radius 1 is 1.25 bits per heavy atom. The number of hydrogen-bond donors (Lipinski definition) is 0. The van der Waals surface area contributed by atoms with Gasteiger partial charge in [0.05, 0.1) is 37.7 Å². The molecule has 0 unspecified atom stereocenters. The zero-order valence-corrected chi connectivity index (χ0v) is 18.4. The number of fused-ring (bicyclic) bond motifs is 3. The highest BCUT2D eigenvalue weighted by atomic mass is 35.5. The average Bonchev–Trinajstić information content (AvgIpc) is 3.07. The second-order valence-corrected chi connectivity index (χ2v) is 9.45. The fourth-order valence-corrected chi connectivity index (χ4v) is 5.66. The Hall–Kier alpha value is -3.13. The van der Waals surface area contributed by atoms with Crippen LogP contribution in [0.1, 0.15) is 35.8 Å². The van der Waals surface area contributed by atoms with E-state index in [2.05, 4.69) is 20.0 Å². The molecule has 0 N–H and O–H groups in total. The Morgan fingerprint density at radius 3 is 2.84 bits per heavy atom. The fourth-order valence-electron chi connectivity index (χ4n) is 5.46. The van der Waals surface area contributed by atoms with E-state index in [-0.39, 0.29) is 0 Å². The van der Waals surface area contributed by atoms with Crippen molar-refractivity contribution in [2.45, 2.75) is 31.8 Å². The number of hydrogen-bond acceptors (Lipinski definition) is 7. The van der Waals surface area contributed by atoms with Crippen LogP contribution in [0, 0.1) is 5.41 Å². The second kappa shape index (κ2) is 7.20. The zero-order chi connectivity index (χ0) is 21.9. The minimum Gasteiger partial charge on any atom is -0.453 e. The predicted octanol–water partition coefficient (Wildman–Crippen LogP) is 4.25. The first kappa shape index (κ1) is 19.5. The van der Waals surface area contributed by atoms with E-state index in [9.17, 15) is 4.79 Å². The first-order valence-corrected chi connectivity index (χ1v) is 11.0. The number of ether oxygens (including phenoxy) is 1. The van der Waals surface area contributed by atoms with Crippen molar-refractivity contribution in [3.05, 3.63) is 58.8 Å². The summed E-state index contributed by atoms with van der Waals surface area (Å²) in [7, 11) is 1.38. The zero-order valence-electron chi connectivity index (χ0n) is 17.6. The molecule has 2 fully saturated rings. The highest BCUT2D eigenvalue weighted by Gasteiger charge is 2.54. The molecule has 2 aliphatic heterocycles. The molecular formula is C23H22ClN5O3. The van der Waals surface area contributed by atoms with Gasteiger partial charge >= 0.3 is 6.09 Å². The van der Waals surface area contributed by atoms with Crippen LogP contribution in [0.25, 0.3) is 11.1 Å². The molecule has 3 aromatic rings. The van der Waals surface area contributed by atoms with Crippen LogP contribution in [0.15, 0.2) is 41.3 Å². The molecule has 3 aliphatic rings. The van der Waals surface area contributed by atoms with Crippen molar-refractivity contribution in [3.63, 3.8) is 0 Å². The van der Waals surface area contributed by atoms with Gasteiger partial charge in [-0.2, -0.15) is 0 Å². The number of halogens is 1. The topological polar surface area (TPSA) is 84.6 Å². The summed E-state index contributed by atoms with van der Waals surface area (Å²) in [5.74, 6) is 1.97. The summed E-state index contributed by atoms with van der Waals surface area (Å²) < 4.78 is 10.8. The largest absolute Gasteiger partial charge is 0.453 e. The van der Waals surface area contributed by atoms with E-state index >= 15 is 0 Å². The molecule has 1 saturated carbocycles. The molecule has 1 amide bonds. The lowest BCUT2D eigenvalue weighted by Gasteiger charge is -2.59. The molecule has 0 atom stereocenters. The Kier molecular flexibility index (Phi) is 4.40. The van der Waals surface area contributed by atoms with E-state index in [0.717, 1.165) is 54.1 Å². The normalized spacial score (nSPS) is 18.9. The highest BCUT2D eigenvalue weighted by Crippen LogP contribution is 2.58. The third-order valence-corrected chi connectivity index (χ3v) is 7.16. The van der Waals surface area contributed by atoms with Crippen molar-refractivity contribution in [2.24, 2.45) is 5.41 Å². The lowest BCUT2D eigenvalue weighted by atomic mass is 9.56. The molecule has 0 bridgehead atoms. The fraction of sp³-hybridized carbons (Fsp3) is 0.391. The Bertz CT molecular complexity index is 1180. The SMILES string of the molecule is COC(=O)N1Cc2cc(Cl)ccc2-c2c(C3CC4(C3)CN(c3cnccn3)C4)noc2C1. The molecule has 9 heteroatoms. The van der Waals surface area contributed by atoms with E-state index in [1.165, 1.54) is 7.11 Å². The van der Waals surface area contributed by atoms with Gasteiger partial charge in [-0.1, -0.05) is 22.8 Å². The maximum absolute atomic E-state index is 12.3. The van der Waals surface area contributed by atoms with Crippen molar-refractivity contribution >= 4 is 23.5 Å². The van der Waals surface area contributed by atoms with Crippen molar-refractivity contribution in [3.8, 4) is 11.1 Å². The number of benzene rings is 1. The summed E-state index contributed by atoms with van der Waals surface area (Å²) in [5, 5.41) is 5.12. The van der Waals surface area contributed by atoms with Gasteiger partial charge < -0.3 is 14.2 Å². The van der Waals surface area contributed by atoms with E-state index in [0.29, 0.717) is 35.2 Å². The molecule has 1 spiro atoms. The predicted molar refractivity (Wildman–Crippen MR) is 117 cm³/mol. The molecule has 1 aromatic carbocycles. The van der Waals surface area contributed by atoms with Crippen LogP contribution in [0.4, 0.5) is 10.6 Å². The molecule has 6 rings (SSSR count). The number of rotatable bonds is 2. The van der Waals surface area contributed by atoms with Gasteiger partial charge in [-0.05, 0) is 36.1 Å². The number of carbonyl (C=O) groups is 1. The van der Waals surface area contributed by atoms with Gasteiger partial charge in [-0.3, -0.25) is 9.88 Å². The second-order valence-electron chi connectivity index (χ2n) is 9.02. The monoisotopic (exact) mass is 451 g/mol. The molecule has 4 heterocycles. The minimum atomic E-state index is -0.400. The minimum absolute atomic E-state index is 0.305. The van der Waals surface area contributed by atoms with Gasteiger partial charge in [0.15, 0.2) is 5.76 Å². The van der Waals surface area contributed by atoms with Crippen LogP contribution >= 0.6 is 11.6 Å². The van der Waals surface area contributed by atoms with E-state index in [1.807, 2.05) is 24.4 Å². The molecule has 8 nitrogen and oxygen atoms in total. The van der Waals surface area contributed by atoms with Crippen LogP contribution in [0.5, 0.6) is 0 Å². The Morgan fingerprint density at radius 2 is 2.09 bits per heavy atom. The molecule has 1 aliphatic carbocycles. The standard InChI is InChI=1S/C23H22ClN5O3/c1-31-22(30)28-10-14-6-16(24)2-3-17(14)20-18(11-28)32-27-21(20)15-7-23(8-15)12-29(13-23)19-9-25-4-5-26-19/h2-6,9,15H,7-8,10-13H2,1H3. The van der Waals surface area contributed by atoms with Crippen LogP contribution in [-0.4, -0.2) is 46.3 Å². The lowest BCUT2D eigenvalue weighted by Crippen LogP contribution is -2.62. The maximum atomic E-state index is 12.3. The maximum Gasteiger partial charge on any atom is 0.410 e. The van der Waals surface area contributed by atoms with E-state index in [1.54, 1.807) is 17.3 Å². The first-order chi connectivity index (χ1) is 15.5. The summed E-state index contributed by atoms with van der Waals surface area (Å²) in [5.41, 5.74) is 4.30. The summed E-state index contributed by atoms with van der Waals surface area (Å²) in [6.45, 7) is 2.71. The number of aromatic nitrogens is 3. The quantitative estimate of drug-likeness (QED) is 0.575. The summed E-state index contributed by atoms with van der Waals surface area (Å²) in [6, 6.07) is 5.79. The van der Waals surface area contributed by atoms with Crippen molar-refractivity contribution in [1.29, 1.82) is 0 Å². The number of carbonyl (C=O) groups excluding carboxylic acids is 1. The summed E-state index contributed by atoms with van der Waals surface area (Å²) in [4.78, 5) is 24.8. The van der Waals surface area contributed by atoms with Crippen molar-refractivity contribution in [1.82, 2.24) is 20.0 Å².